The molecular formula is C23H23N5O2. The van der Waals surface area contributed by atoms with Gasteiger partial charge in [-0.15, -0.1) is 0 Å². The maximum Gasteiger partial charge on any atom is 0.162 e. The second kappa shape index (κ2) is 7.67. The fourth-order valence-corrected chi connectivity index (χ4v) is 3.86. The summed E-state index contributed by atoms with van der Waals surface area (Å²) in [7, 11) is 1.66. The summed E-state index contributed by atoms with van der Waals surface area (Å²) < 4.78 is 13.5. The lowest BCUT2D eigenvalue weighted by molar-refractivity contribution is 0.217. The van der Waals surface area contributed by atoms with Gasteiger partial charge in [0.15, 0.2) is 11.5 Å². The number of methoxy groups -OCH3 is 1. The van der Waals surface area contributed by atoms with Crippen molar-refractivity contribution in [2.75, 3.05) is 7.11 Å². The molecule has 0 bridgehead atoms. The first-order chi connectivity index (χ1) is 14.7. The molecule has 30 heavy (non-hydrogen) atoms. The number of nitrogens with zero attached hydrogens (tertiary/aromatic N) is 4. The third-order valence-corrected chi connectivity index (χ3v) is 5.39. The van der Waals surface area contributed by atoms with E-state index in [2.05, 4.69) is 28.1 Å². The molecule has 2 aromatic heterocycles. The van der Waals surface area contributed by atoms with Crippen LogP contribution in [0.2, 0.25) is 0 Å². The summed E-state index contributed by atoms with van der Waals surface area (Å²) in [6, 6.07) is 11.9. The average molecular weight is 401 g/mol. The number of aromatic nitrogens is 5. The molecule has 0 spiro atoms. The van der Waals surface area contributed by atoms with Gasteiger partial charge in [-0.2, -0.15) is 5.10 Å². The second-order valence-electron chi connectivity index (χ2n) is 7.55. The summed E-state index contributed by atoms with van der Waals surface area (Å²) in [6.07, 6.45) is 8.78. The Morgan fingerprint density at radius 1 is 1.13 bits per heavy atom. The number of hydrogen-bond acceptors (Lipinski definition) is 5. The van der Waals surface area contributed by atoms with Gasteiger partial charge in [0.2, 0.25) is 0 Å². The van der Waals surface area contributed by atoms with E-state index in [-0.39, 0.29) is 6.10 Å². The van der Waals surface area contributed by atoms with Crippen LogP contribution in [0.4, 0.5) is 0 Å². The monoisotopic (exact) mass is 401 g/mol. The third-order valence-electron chi connectivity index (χ3n) is 5.39. The van der Waals surface area contributed by atoms with E-state index in [0.29, 0.717) is 0 Å². The van der Waals surface area contributed by atoms with Gasteiger partial charge in [0.05, 0.1) is 23.8 Å². The highest BCUT2D eigenvalue weighted by Gasteiger charge is 2.17. The molecule has 7 nitrogen and oxygen atoms in total. The zero-order chi connectivity index (χ0) is 20.5. The third kappa shape index (κ3) is 3.54. The summed E-state index contributed by atoms with van der Waals surface area (Å²) >= 11 is 0. The van der Waals surface area contributed by atoms with Gasteiger partial charge >= 0.3 is 0 Å². The second-order valence-corrected chi connectivity index (χ2v) is 7.55. The van der Waals surface area contributed by atoms with E-state index in [1.165, 1.54) is 11.9 Å². The molecule has 1 N–H and O–H groups in total. The van der Waals surface area contributed by atoms with Gasteiger partial charge in [-0.25, -0.2) is 14.6 Å². The molecule has 152 valence electrons. The Morgan fingerprint density at radius 2 is 2.07 bits per heavy atom. The Balaban J connectivity index is 1.49. The van der Waals surface area contributed by atoms with Crippen LogP contribution in [0.3, 0.4) is 0 Å². The molecule has 5 rings (SSSR count). The highest BCUT2D eigenvalue weighted by Crippen LogP contribution is 2.34. The number of allylic oxidation sites excluding steroid dienone is 1. The first kappa shape index (κ1) is 18.4. The first-order valence-electron chi connectivity index (χ1n) is 10.1. The normalized spacial score (nSPS) is 16.5. The SMILES string of the molecule is COc1ccc(-c2nc3ccc(-n4cncn4)cc3[nH]2)cc1OC1C=C(C)CCC1. The van der Waals surface area contributed by atoms with Crippen LogP contribution in [0.25, 0.3) is 28.1 Å². The van der Waals surface area contributed by atoms with Crippen LogP contribution in [0.5, 0.6) is 11.5 Å². The van der Waals surface area contributed by atoms with Crippen LogP contribution in [0.15, 0.2) is 60.7 Å². The van der Waals surface area contributed by atoms with Crippen LogP contribution >= 0.6 is 0 Å². The Labute approximate surface area is 174 Å². The molecular weight excluding hydrogens is 378 g/mol. The summed E-state index contributed by atoms with van der Waals surface area (Å²) in [5.74, 6) is 2.23. The summed E-state index contributed by atoms with van der Waals surface area (Å²) in [5, 5.41) is 4.19. The van der Waals surface area contributed by atoms with Crippen LogP contribution in [-0.4, -0.2) is 37.9 Å². The van der Waals surface area contributed by atoms with Crippen molar-refractivity contribution in [2.24, 2.45) is 0 Å². The molecule has 2 aromatic carbocycles. The Kier molecular flexibility index (Phi) is 4.71. The number of ether oxygens (including phenoxy) is 2. The summed E-state index contributed by atoms with van der Waals surface area (Å²) in [6.45, 7) is 2.16. The van der Waals surface area contributed by atoms with Crippen molar-refractivity contribution < 1.29 is 9.47 Å². The molecule has 7 heteroatoms. The zero-order valence-corrected chi connectivity index (χ0v) is 17.0. The largest absolute Gasteiger partial charge is 0.493 e. The van der Waals surface area contributed by atoms with Crippen molar-refractivity contribution in [2.45, 2.75) is 32.3 Å². The molecule has 0 aliphatic heterocycles. The molecule has 1 aliphatic rings. The molecule has 1 aliphatic carbocycles. The van der Waals surface area contributed by atoms with E-state index in [4.69, 9.17) is 14.5 Å². The minimum atomic E-state index is 0.0730. The molecule has 4 aromatic rings. The Bertz CT molecular complexity index is 1210. The molecule has 1 atom stereocenters. The lowest BCUT2D eigenvalue weighted by atomic mass is 9.99. The quantitative estimate of drug-likeness (QED) is 0.491. The summed E-state index contributed by atoms with van der Waals surface area (Å²) in [5.41, 5.74) is 5.07. The van der Waals surface area contributed by atoms with Crippen molar-refractivity contribution >= 4 is 11.0 Å². The summed E-state index contributed by atoms with van der Waals surface area (Å²) in [4.78, 5) is 12.2. The lowest BCUT2D eigenvalue weighted by Gasteiger charge is -2.22. The van der Waals surface area contributed by atoms with Crippen LogP contribution in [0, 0.1) is 0 Å². The molecule has 0 amide bonds. The van der Waals surface area contributed by atoms with Gasteiger partial charge in [-0.05, 0) is 68.7 Å². The van der Waals surface area contributed by atoms with E-state index >= 15 is 0 Å². The number of H-pyrrole nitrogens is 1. The van der Waals surface area contributed by atoms with Crippen LogP contribution < -0.4 is 9.47 Å². The van der Waals surface area contributed by atoms with E-state index in [9.17, 15) is 0 Å². The van der Waals surface area contributed by atoms with Crippen molar-refractivity contribution in [1.82, 2.24) is 24.7 Å². The molecule has 0 fully saturated rings. The van der Waals surface area contributed by atoms with Crippen LogP contribution in [-0.2, 0) is 0 Å². The van der Waals surface area contributed by atoms with Gasteiger partial charge < -0.3 is 14.5 Å². The number of aromatic amines is 1. The van der Waals surface area contributed by atoms with Gasteiger partial charge in [0.1, 0.15) is 24.6 Å². The minimum Gasteiger partial charge on any atom is -0.493 e. The van der Waals surface area contributed by atoms with E-state index in [0.717, 1.165) is 58.9 Å². The van der Waals surface area contributed by atoms with E-state index in [1.54, 1.807) is 18.1 Å². The molecule has 0 saturated carbocycles. The zero-order valence-electron chi connectivity index (χ0n) is 17.0. The number of fused-ring (bicyclic) bond motifs is 1. The highest BCUT2D eigenvalue weighted by atomic mass is 16.5. The predicted octanol–water partition coefficient (Wildman–Crippen LogP) is 4.70. The van der Waals surface area contributed by atoms with Gasteiger partial charge in [0.25, 0.3) is 0 Å². The van der Waals surface area contributed by atoms with Gasteiger partial charge in [0, 0.05) is 5.56 Å². The number of nitrogens with one attached hydrogen (secondary N) is 1. The van der Waals surface area contributed by atoms with E-state index in [1.807, 2.05) is 36.4 Å². The van der Waals surface area contributed by atoms with Gasteiger partial charge in [-0.3, -0.25) is 0 Å². The smallest absolute Gasteiger partial charge is 0.162 e. The maximum absolute atomic E-state index is 6.29. The number of hydrogen-bond donors (Lipinski definition) is 1. The van der Waals surface area contributed by atoms with Crippen molar-refractivity contribution in [3.63, 3.8) is 0 Å². The Hall–Kier alpha value is -3.61. The lowest BCUT2D eigenvalue weighted by Crippen LogP contribution is -2.17. The van der Waals surface area contributed by atoms with Crippen molar-refractivity contribution in [1.29, 1.82) is 0 Å². The van der Waals surface area contributed by atoms with Crippen molar-refractivity contribution in [3.8, 4) is 28.6 Å². The minimum absolute atomic E-state index is 0.0730. The Morgan fingerprint density at radius 3 is 2.87 bits per heavy atom. The fraction of sp³-hybridized carbons (Fsp3) is 0.261. The fourth-order valence-electron chi connectivity index (χ4n) is 3.86. The molecule has 0 radical (unpaired) electrons. The average Bonchev–Trinajstić information content (AvgIpc) is 3.43. The number of imidazole rings is 1. The van der Waals surface area contributed by atoms with Crippen molar-refractivity contribution in [3.05, 3.63) is 60.7 Å². The molecule has 1 unspecified atom stereocenters. The predicted molar refractivity (Wildman–Crippen MR) is 115 cm³/mol. The van der Waals surface area contributed by atoms with Gasteiger partial charge in [-0.1, -0.05) is 5.57 Å². The highest BCUT2D eigenvalue weighted by molar-refractivity contribution is 5.81. The maximum atomic E-state index is 6.29. The van der Waals surface area contributed by atoms with E-state index < -0.39 is 0 Å². The molecule has 2 heterocycles. The number of benzene rings is 2. The molecule has 0 saturated heterocycles. The topological polar surface area (TPSA) is 77.9 Å². The first-order valence-corrected chi connectivity index (χ1v) is 10.1. The number of rotatable bonds is 5. The van der Waals surface area contributed by atoms with Crippen LogP contribution in [0.1, 0.15) is 26.2 Å². The standard InChI is InChI=1S/C23H23N5O2/c1-15-4-3-5-18(10-15)30-22-11-16(6-9-21(22)29-2)23-26-19-8-7-17(12-20(19)27-23)28-14-24-13-25-28/h6-14,18H,3-5H2,1-2H3,(H,26,27).